The number of hydrogen-bond donors (Lipinski definition) is 1. The van der Waals surface area contributed by atoms with Gasteiger partial charge in [0, 0.05) is 11.4 Å². The molecule has 0 aliphatic carbocycles. The Bertz CT molecular complexity index is 885. The van der Waals surface area contributed by atoms with E-state index in [9.17, 15) is 0 Å². The number of nitrogens with zero attached hydrogens (tertiary/aromatic N) is 2. The smallest absolute Gasteiger partial charge is 0.183 e. The molecular formula is C22H21N3S. The Morgan fingerprint density at radius 2 is 1.42 bits per heavy atom. The second-order valence-electron chi connectivity index (χ2n) is 6.08. The maximum atomic E-state index is 5.63. The van der Waals surface area contributed by atoms with Gasteiger partial charge in [-0.15, -0.1) is 0 Å². The number of para-hydroxylation sites is 1. The highest BCUT2D eigenvalue weighted by atomic mass is 32.1. The van der Waals surface area contributed by atoms with Gasteiger partial charge in [0.15, 0.2) is 5.11 Å². The van der Waals surface area contributed by atoms with Crippen LogP contribution in [-0.2, 0) is 0 Å². The molecule has 0 heterocycles. The van der Waals surface area contributed by atoms with Crippen molar-refractivity contribution in [2.75, 3.05) is 10.2 Å². The van der Waals surface area contributed by atoms with Crippen molar-refractivity contribution in [3.63, 3.8) is 0 Å². The predicted octanol–water partition coefficient (Wildman–Crippen LogP) is 5.87. The van der Waals surface area contributed by atoms with E-state index in [1.807, 2.05) is 71.6 Å². The molecule has 4 heteroatoms. The average molecular weight is 359 g/mol. The fraction of sp³-hybridized carbons (Fsp3) is 0.0909. The van der Waals surface area contributed by atoms with Crippen LogP contribution in [0.4, 0.5) is 17.1 Å². The summed E-state index contributed by atoms with van der Waals surface area (Å²) in [5.41, 5.74) is 5.19. The van der Waals surface area contributed by atoms with Crippen LogP contribution in [0.15, 0.2) is 83.9 Å². The van der Waals surface area contributed by atoms with Crippen molar-refractivity contribution < 1.29 is 0 Å². The lowest BCUT2D eigenvalue weighted by molar-refractivity contribution is 1.38. The Balaban J connectivity index is 1.87. The highest BCUT2D eigenvalue weighted by molar-refractivity contribution is 7.80. The molecule has 1 N–H and O–H groups in total. The van der Waals surface area contributed by atoms with Gasteiger partial charge in [0.1, 0.15) is 6.34 Å². The number of anilines is 2. The maximum absolute atomic E-state index is 5.63. The van der Waals surface area contributed by atoms with Crippen LogP contribution in [-0.4, -0.2) is 11.5 Å². The van der Waals surface area contributed by atoms with Gasteiger partial charge in [-0.3, -0.25) is 4.90 Å². The summed E-state index contributed by atoms with van der Waals surface area (Å²) >= 11 is 5.63. The number of benzene rings is 3. The van der Waals surface area contributed by atoms with Crippen LogP contribution in [0.1, 0.15) is 11.1 Å². The van der Waals surface area contributed by atoms with E-state index in [2.05, 4.69) is 36.3 Å². The molecule has 0 spiro atoms. The number of aliphatic imine (C=N–C) groups is 1. The van der Waals surface area contributed by atoms with Crippen LogP contribution in [0.2, 0.25) is 0 Å². The zero-order valence-corrected chi connectivity index (χ0v) is 15.7. The lowest BCUT2D eigenvalue weighted by Crippen LogP contribution is -2.33. The number of aryl methyl sites for hydroxylation is 2. The van der Waals surface area contributed by atoms with Gasteiger partial charge in [0.2, 0.25) is 0 Å². The fourth-order valence-electron chi connectivity index (χ4n) is 2.40. The summed E-state index contributed by atoms with van der Waals surface area (Å²) in [5, 5.41) is 3.83. The summed E-state index contributed by atoms with van der Waals surface area (Å²) in [6, 6.07) is 26.2. The first-order valence-corrected chi connectivity index (χ1v) is 8.85. The van der Waals surface area contributed by atoms with Crippen molar-refractivity contribution in [2.45, 2.75) is 13.8 Å². The van der Waals surface area contributed by atoms with Crippen LogP contribution in [0.25, 0.3) is 0 Å². The molecule has 0 aliphatic heterocycles. The molecule has 0 bridgehead atoms. The number of thiocarbonyl (C=S) groups is 1. The number of hydrogen-bond acceptors (Lipinski definition) is 2. The predicted molar refractivity (Wildman–Crippen MR) is 116 cm³/mol. The fourth-order valence-corrected chi connectivity index (χ4v) is 2.67. The summed E-state index contributed by atoms with van der Waals surface area (Å²) in [7, 11) is 0. The highest BCUT2D eigenvalue weighted by Gasteiger charge is 2.10. The van der Waals surface area contributed by atoms with Crippen molar-refractivity contribution in [2.24, 2.45) is 4.99 Å². The van der Waals surface area contributed by atoms with Crippen molar-refractivity contribution in [3.05, 3.63) is 90.0 Å². The van der Waals surface area contributed by atoms with Crippen molar-refractivity contribution in [1.29, 1.82) is 0 Å². The van der Waals surface area contributed by atoms with E-state index in [-0.39, 0.29) is 0 Å². The van der Waals surface area contributed by atoms with Crippen molar-refractivity contribution in [1.82, 2.24) is 0 Å². The Labute approximate surface area is 160 Å². The molecule has 0 unspecified atom stereocenters. The SMILES string of the molecule is Cc1ccc(N=CN(C(=S)Nc2ccccc2)c2ccc(C)cc2)cc1. The minimum Gasteiger partial charge on any atom is -0.332 e. The highest BCUT2D eigenvalue weighted by Crippen LogP contribution is 2.18. The molecule has 26 heavy (non-hydrogen) atoms. The van der Waals surface area contributed by atoms with Crippen molar-refractivity contribution in [3.8, 4) is 0 Å². The molecule has 3 nitrogen and oxygen atoms in total. The summed E-state index contributed by atoms with van der Waals surface area (Å²) in [6.45, 7) is 4.13. The van der Waals surface area contributed by atoms with Crippen LogP contribution >= 0.6 is 12.2 Å². The lowest BCUT2D eigenvalue weighted by atomic mass is 10.2. The molecular weight excluding hydrogens is 338 g/mol. The zero-order valence-electron chi connectivity index (χ0n) is 14.9. The molecule has 0 saturated heterocycles. The van der Waals surface area contributed by atoms with E-state index in [0.717, 1.165) is 17.1 Å². The molecule has 0 aliphatic rings. The molecule has 0 aromatic heterocycles. The molecule has 0 saturated carbocycles. The molecule has 0 atom stereocenters. The molecule has 0 amide bonds. The van der Waals surface area contributed by atoms with E-state index in [1.54, 1.807) is 6.34 Å². The van der Waals surface area contributed by atoms with Gasteiger partial charge in [0.05, 0.1) is 5.69 Å². The van der Waals surface area contributed by atoms with Gasteiger partial charge >= 0.3 is 0 Å². The first kappa shape index (κ1) is 17.8. The van der Waals surface area contributed by atoms with Gasteiger partial charge in [0.25, 0.3) is 0 Å². The van der Waals surface area contributed by atoms with E-state index in [0.29, 0.717) is 5.11 Å². The van der Waals surface area contributed by atoms with Crippen LogP contribution in [0.3, 0.4) is 0 Å². The Kier molecular flexibility index (Phi) is 5.77. The first-order chi connectivity index (χ1) is 12.6. The first-order valence-electron chi connectivity index (χ1n) is 8.44. The molecule has 3 aromatic carbocycles. The third-order valence-corrected chi connectivity index (χ3v) is 4.21. The van der Waals surface area contributed by atoms with E-state index in [4.69, 9.17) is 12.2 Å². The second kappa shape index (κ2) is 8.41. The maximum Gasteiger partial charge on any atom is 0.183 e. The average Bonchev–Trinajstić information content (AvgIpc) is 2.65. The minimum atomic E-state index is 0.566. The largest absolute Gasteiger partial charge is 0.332 e. The van der Waals surface area contributed by atoms with Gasteiger partial charge in [-0.05, 0) is 62.5 Å². The summed E-state index contributed by atoms with van der Waals surface area (Å²) in [4.78, 5) is 6.46. The molecule has 3 rings (SSSR count). The van der Waals surface area contributed by atoms with Gasteiger partial charge in [-0.25, -0.2) is 4.99 Å². The van der Waals surface area contributed by atoms with Gasteiger partial charge < -0.3 is 5.32 Å². The lowest BCUT2D eigenvalue weighted by Gasteiger charge is -2.21. The summed E-state index contributed by atoms with van der Waals surface area (Å²) < 4.78 is 0. The molecule has 0 radical (unpaired) electrons. The molecule has 3 aromatic rings. The quantitative estimate of drug-likeness (QED) is 0.359. The third-order valence-electron chi connectivity index (χ3n) is 3.91. The zero-order chi connectivity index (χ0) is 18.4. The Hall–Kier alpha value is -2.98. The molecule has 0 fully saturated rings. The Morgan fingerprint density at radius 3 is 2.04 bits per heavy atom. The minimum absolute atomic E-state index is 0.566. The normalized spacial score (nSPS) is 10.7. The second-order valence-corrected chi connectivity index (χ2v) is 6.47. The standard InChI is InChI=1S/C22H21N3S/c1-17-8-12-19(13-9-17)23-16-25(21-14-10-18(2)11-15-21)22(26)24-20-6-4-3-5-7-20/h3-16H,1-2H3,(H,24,26). The van der Waals surface area contributed by atoms with Gasteiger partial charge in [-0.2, -0.15) is 0 Å². The molecule has 130 valence electrons. The number of rotatable bonds is 4. The van der Waals surface area contributed by atoms with E-state index < -0.39 is 0 Å². The van der Waals surface area contributed by atoms with Crippen LogP contribution in [0, 0.1) is 13.8 Å². The van der Waals surface area contributed by atoms with Crippen LogP contribution in [0.5, 0.6) is 0 Å². The van der Waals surface area contributed by atoms with Crippen LogP contribution < -0.4 is 10.2 Å². The monoisotopic (exact) mass is 359 g/mol. The number of nitrogens with one attached hydrogen (secondary N) is 1. The van der Waals surface area contributed by atoms with E-state index >= 15 is 0 Å². The Morgan fingerprint density at radius 1 is 0.846 bits per heavy atom. The third kappa shape index (κ3) is 4.77. The van der Waals surface area contributed by atoms with Gasteiger partial charge in [-0.1, -0.05) is 53.6 Å². The van der Waals surface area contributed by atoms with E-state index in [1.165, 1.54) is 11.1 Å². The topological polar surface area (TPSA) is 27.6 Å². The van der Waals surface area contributed by atoms with Crippen molar-refractivity contribution >= 4 is 40.7 Å². The summed E-state index contributed by atoms with van der Waals surface area (Å²) in [6.07, 6.45) is 1.76. The summed E-state index contributed by atoms with van der Waals surface area (Å²) in [5.74, 6) is 0.